The number of carbonyl (C=O) groups excluding carboxylic acids is 1. The number of anilines is 1. The molecule has 21 heavy (non-hydrogen) atoms. The Bertz CT molecular complexity index is 490. The third-order valence-corrected chi connectivity index (χ3v) is 3.86. The standard InChI is InChI=1S/C16H24N2O3/c1-3-13-11(8-9-21-13)10-18-16(19)15-12(17)6-5-7-14(15)20-4-2/h5-7,11,13H,3-4,8-10,17H2,1-2H3,(H,18,19). The third kappa shape index (κ3) is 3.67. The van der Waals surface area contributed by atoms with Crippen molar-refractivity contribution < 1.29 is 14.3 Å². The van der Waals surface area contributed by atoms with Gasteiger partial charge in [0.05, 0.1) is 12.7 Å². The number of hydrogen-bond acceptors (Lipinski definition) is 4. The molecule has 1 fully saturated rings. The average molecular weight is 292 g/mol. The molecule has 2 unspecified atom stereocenters. The maximum atomic E-state index is 12.4. The van der Waals surface area contributed by atoms with E-state index in [0.717, 1.165) is 19.4 Å². The average Bonchev–Trinajstić information content (AvgIpc) is 2.93. The van der Waals surface area contributed by atoms with E-state index in [9.17, 15) is 4.79 Å². The van der Waals surface area contributed by atoms with Crippen LogP contribution in [-0.4, -0.2) is 31.8 Å². The van der Waals surface area contributed by atoms with Gasteiger partial charge in [-0.15, -0.1) is 0 Å². The highest BCUT2D eigenvalue weighted by atomic mass is 16.5. The van der Waals surface area contributed by atoms with Crippen molar-refractivity contribution in [1.82, 2.24) is 5.32 Å². The highest BCUT2D eigenvalue weighted by molar-refractivity contribution is 6.01. The van der Waals surface area contributed by atoms with Gasteiger partial charge in [0.15, 0.2) is 0 Å². The van der Waals surface area contributed by atoms with Crippen LogP contribution in [0.2, 0.25) is 0 Å². The van der Waals surface area contributed by atoms with Crippen LogP contribution in [0.1, 0.15) is 37.0 Å². The Morgan fingerprint density at radius 1 is 1.48 bits per heavy atom. The summed E-state index contributed by atoms with van der Waals surface area (Å²) < 4.78 is 11.1. The third-order valence-electron chi connectivity index (χ3n) is 3.86. The van der Waals surface area contributed by atoms with Gasteiger partial charge in [-0.25, -0.2) is 0 Å². The summed E-state index contributed by atoms with van der Waals surface area (Å²) in [6, 6.07) is 5.27. The van der Waals surface area contributed by atoms with Crippen LogP contribution in [0.15, 0.2) is 18.2 Å². The molecule has 1 aliphatic heterocycles. The summed E-state index contributed by atoms with van der Waals surface area (Å²) >= 11 is 0. The predicted octanol–water partition coefficient (Wildman–Crippen LogP) is 2.21. The van der Waals surface area contributed by atoms with E-state index in [1.165, 1.54) is 0 Å². The Balaban J connectivity index is 2.03. The van der Waals surface area contributed by atoms with Crippen LogP contribution in [0.25, 0.3) is 0 Å². The summed E-state index contributed by atoms with van der Waals surface area (Å²) in [4.78, 5) is 12.4. The molecule has 1 aliphatic rings. The van der Waals surface area contributed by atoms with E-state index in [1.54, 1.807) is 18.2 Å². The molecule has 2 rings (SSSR count). The van der Waals surface area contributed by atoms with E-state index >= 15 is 0 Å². The van der Waals surface area contributed by atoms with E-state index in [2.05, 4.69) is 12.2 Å². The molecule has 0 aromatic heterocycles. The lowest BCUT2D eigenvalue weighted by molar-refractivity contribution is 0.0826. The lowest BCUT2D eigenvalue weighted by Crippen LogP contribution is -2.33. The van der Waals surface area contributed by atoms with Crippen molar-refractivity contribution in [1.29, 1.82) is 0 Å². The van der Waals surface area contributed by atoms with Crippen molar-refractivity contribution in [3.63, 3.8) is 0 Å². The molecule has 1 aromatic carbocycles. The van der Waals surface area contributed by atoms with Gasteiger partial charge in [-0.05, 0) is 31.9 Å². The monoisotopic (exact) mass is 292 g/mol. The first-order chi connectivity index (χ1) is 10.2. The second kappa shape index (κ2) is 7.31. The fourth-order valence-corrected chi connectivity index (χ4v) is 2.76. The van der Waals surface area contributed by atoms with Crippen molar-refractivity contribution in [2.75, 3.05) is 25.5 Å². The smallest absolute Gasteiger partial charge is 0.257 e. The van der Waals surface area contributed by atoms with Crippen LogP contribution in [0.4, 0.5) is 5.69 Å². The molecule has 1 aromatic rings. The number of rotatable bonds is 6. The fourth-order valence-electron chi connectivity index (χ4n) is 2.76. The van der Waals surface area contributed by atoms with Gasteiger partial charge < -0.3 is 20.5 Å². The summed E-state index contributed by atoms with van der Waals surface area (Å²) in [5.74, 6) is 0.724. The van der Waals surface area contributed by atoms with Crippen LogP contribution in [-0.2, 0) is 4.74 Å². The first-order valence-electron chi connectivity index (χ1n) is 7.58. The Labute approximate surface area is 125 Å². The first kappa shape index (κ1) is 15.6. The van der Waals surface area contributed by atoms with Gasteiger partial charge in [0.2, 0.25) is 0 Å². The Morgan fingerprint density at radius 2 is 2.29 bits per heavy atom. The van der Waals surface area contributed by atoms with E-state index in [-0.39, 0.29) is 12.0 Å². The Morgan fingerprint density at radius 3 is 3.00 bits per heavy atom. The maximum Gasteiger partial charge on any atom is 0.257 e. The maximum absolute atomic E-state index is 12.4. The van der Waals surface area contributed by atoms with Crippen molar-refractivity contribution in [2.45, 2.75) is 32.8 Å². The molecule has 5 heteroatoms. The quantitative estimate of drug-likeness (QED) is 0.788. The molecule has 0 bridgehead atoms. The fraction of sp³-hybridized carbons (Fsp3) is 0.562. The number of nitrogen functional groups attached to an aromatic ring is 1. The van der Waals surface area contributed by atoms with E-state index < -0.39 is 0 Å². The number of nitrogens with two attached hydrogens (primary N) is 1. The lowest BCUT2D eigenvalue weighted by atomic mass is 9.99. The zero-order chi connectivity index (χ0) is 15.2. The minimum absolute atomic E-state index is 0.182. The van der Waals surface area contributed by atoms with Crippen LogP contribution in [0, 0.1) is 5.92 Å². The number of hydrogen-bond donors (Lipinski definition) is 2. The van der Waals surface area contributed by atoms with Crippen LogP contribution in [0.3, 0.4) is 0 Å². The highest BCUT2D eigenvalue weighted by Gasteiger charge is 2.27. The van der Waals surface area contributed by atoms with E-state index in [0.29, 0.717) is 36.1 Å². The molecule has 116 valence electrons. The second-order valence-electron chi connectivity index (χ2n) is 5.23. The molecule has 0 saturated carbocycles. The van der Waals surface area contributed by atoms with Crippen molar-refractivity contribution >= 4 is 11.6 Å². The van der Waals surface area contributed by atoms with Gasteiger partial charge in [-0.2, -0.15) is 0 Å². The number of amides is 1. The zero-order valence-corrected chi connectivity index (χ0v) is 12.7. The molecular weight excluding hydrogens is 268 g/mol. The van der Waals surface area contributed by atoms with Crippen molar-refractivity contribution in [3.05, 3.63) is 23.8 Å². The predicted molar refractivity (Wildman–Crippen MR) is 82.5 cm³/mol. The molecule has 5 nitrogen and oxygen atoms in total. The SMILES string of the molecule is CCOc1cccc(N)c1C(=O)NCC1CCOC1CC. The number of nitrogens with one attached hydrogen (secondary N) is 1. The molecule has 2 atom stereocenters. The topological polar surface area (TPSA) is 73.6 Å². The van der Waals surface area contributed by atoms with Gasteiger partial charge in [-0.3, -0.25) is 4.79 Å². The second-order valence-corrected chi connectivity index (χ2v) is 5.23. The minimum Gasteiger partial charge on any atom is -0.493 e. The van der Waals surface area contributed by atoms with Gasteiger partial charge >= 0.3 is 0 Å². The van der Waals surface area contributed by atoms with Crippen LogP contribution in [0.5, 0.6) is 5.75 Å². The molecule has 0 aliphatic carbocycles. The zero-order valence-electron chi connectivity index (χ0n) is 12.7. The molecule has 1 heterocycles. The Kier molecular flexibility index (Phi) is 5.44. The Hall–Kier alpha value is -1.75. The molecule has 0 spiro atoms. The molecule has 0 radical (unpaired) electrons. The summed E-state index contributed by atoms with van der Waals surface area (Å²) in [5.41, 5.74) is 6.78. The van der Waals surface area contributed by atoms with Gasteiger partial charge in [0.25, 0.3) is 5.91 Å². The molecule has 3 N–H and O–H groups in total. The molecular formula is C16H24N2O3. The van der Waals surface area contributed by atoms with Crippen molar-refractivity contribution in [2.24, 2.45) is 5.92 Å². The largest absolute Gasteiger partial charge is 0.493 e. The van der Waals surface area contributed by atoms with Gasteiger partial charge in [-0.1, -0.05) is 13.0 Å². The minimum atomic E-state index is -0.182. The normalized spacial score (nSPS) is 21.2. The van der Waals surface area contributed by atoms with Gasteiger partial charge in [0.1, 0.15) is 11.3 Å². The number of ether oxygens (including phenoxy) is 2. The summed E-state index contributed by atoms with van der Waals surface area (Å²) in [6.45, 7) is 5.87. The summed E-state index contributed by atoms with van der Waals surface area (Å²) in [7, 11) is 0. The van der Waals surface area contributed by atoms with Crippen LogP contribution >= 0.6 is 0 Å². The van der Waals surface area contributed by atoms with Gasteiger partial charge in [0, 0.05) is 24.8 Å². The van der Waals surface area contributed by atoms with E-state index in [1.807, 2.05) is 6.92 Å². The summed E-state index contributed by atoms with van der Waals surface area (Å²) in [6.07, 6.45) is 2.20. The lowest BCUT2D eigenvalue weighted by Gasteiger charge is -2.18. The highest BCUT2D eigenvalue weighted by Crippen LogP contribution is 2.26. The van der Waals surface area contributed by atoms with E-state index in [4.69, 9.17) is 15.2 Å². The molecule has 1 amide bonds. The van der Waals surface area contributed by atoms with Crippen molar-refractivity contribution in [3.8, 4) is 5.75 Å². The van der Waals surface area contributed by atoms with Crippen LogP contribution < -0.4 is 15.8 Å². The number of carbonyl (C=O) groups is 1. The number of benzene rings is 1. The summed E-state index contributed by atoms with van der Waals surface area (Å²) in [5, 5.41) is 2.97. The molecule has 1 saturated heterocycles. The first-order valence-corrected chi connectivity index (χ1v) is 7.58.